The summed E-state index contributed by atoms with van der Waals surface area (Å²) in [5, 5.41) is 8.77. The van der Waals surface area contributed by atoms with Gasteiger partial charge in [0.05, 0.1) is 6.04 Å². The summed E-state index contributed by atoms with van der Waals surface area (Å²) in [5.41, 5.74) is 0. The third-order valence-electron chi connectivity index (χ3n) is 4.30. The van der Waals surface area contributed by atoms with Crippen LogP contribution in [-0.4, -0.2) is 59.0 Å². The number of likely N-dealkylation sites (tertiary alicyclic amines) is 1. The van der Waals surface area contributed by atoms with Crippen LogP contribution in [-0.2, 0) is 9.59 Å². The van der Waals surface area contributed by atoms with Crippen molar-refractivity contribution in [2.24, 2.45) is 5.92 Å². The van der Waals surface area contributed by atoms with Gasteiger partial charge in [0.25, 0.3) is 0 Å². The van der Waals surface area contributed by atoms with Gasteiger partial charge in [-0.25, -0.2) is 0 Å². The fraction of sp³-hybridized carbons (Fsp3) is 0.867. The number of carbonyl (C=O) groups is 2. The molecule has 1 aliphatic rings. The first-order valence-corrected chi connectivity index (χ1v) is 7.74. The van der Waals surface area contributed by atoms with Crippen LogP contribution < -0.4 is 0 Å². The van der Waals surface area contributed by atoms with Crippen molar-refractivity contribution < 1.29 is 14.7 Å². The molecule has 1 amide bonds. The Bertz CT molecular complexity index is 329. The van der Waals surface area contributed by atoms with Crippen molar-refractivity contribution in [1.29, 1.82) is 0 Å². The van der Waals surface area contributed by atoms with E-state index in [0.717, 1.165) is 45.4 Å². The molecule has 1 rings (SSSR count). The smallest absolute Gasteiger partial charge is 0.303 e. The Morgan fingerprint density at radius 3 is 2.55 bits per heavy atom. The second-order valence-corrected chi connectivity index (χ2v) is 5.62. The molecule has 0 spiro atoms. The van der Waals surface area contributed by atoms with Crippen molar-refractivity contribution in [3.8, 4) is 0 Å². The lowest BCUT2D eigenvalue weighted by Crippen LogP contribution is -2.50. The van der Waals surface area contributed by atoms with Crippen LogP contribution in [0.4, 0.5) is 0 Å². The van der Waals surface area contributed by atoms with Gasteiger partial charge in [0.2, 0.25) is 5.91 Å². The molecule has 1 heterocycles. The molecule has 5 heteroatoms. The minimum Gasteiger partial charge on any atom is -0.481 e. The van der Waals surface area contributed by atoms with Gasteiger partial charge in [-0.1, -0.05) is 0 Å². The van der Waals surface area contributed by atoms with Crippen molar-refractivity contribution in [1.82, 2.24) is 9.80 Å². The SMILES string of the molecule is CCN(CC)C(=O)C(C)N1CCCC(CCC(=O)O)C1. The molecular weight excluding hydrogens is 256 g/mol. The van der Waals surface area contributed by atoms with Crippen molar-refractivity contribution >= 4 is 11.9 Å². The lowest BCUT2D eigenvalue weighted by molar-refractivity contribution is -0.139. The van der Waals surface area contributed by atoms with Crippen molar-refractivity contribution in [2.75, 3.05) is 26.2 Å². The predicted octanol–water partition coefficient (Wildman–Crippen LogP) is 1.82. The van der Waals surface area contributed by atoms with E-state index in [2.05, 4.69) is 4.90 Å². The topological polar surface area (TPSA) is 60.9 Å². The molecule has 1 N–H and O–H groups in total. The van der Waals surface area contributed by atoms with Crippen LogP contribution in [0.1, 0.15) is 46.5 Å². The normalized spacial score (nSPS) is 21.4. The molecule has 1 aliphatic heterocycles. The molecular formula is C15H28N2O3. The highest BCUT2D eigenvalue weighted by molar-refractivity contribution is 5.81. The first kappa shape index (κ1) is 17.0. The van der Waals surface area contributed by atoms with Crippen LogP contribution >= 0.6 is 0 Å². The number of amides is 1. The highest BCUT2D eigenvalue weighted by atomic mass is 16.4. The molecule has 0 saturated carbocycles. The fourth-order valence-corrected chi connectivity index (χ4v) is 2.97. The molecule has 0 aromatic carbocycles. The highest BCUT2D eigenvalue weighted by Crippen LogP contribution is 2.23. The van der Waals surface area contributed by atoms with Crippen molar-refractivity contribution in [3.63, 3.8) is 0 Å². The highest BCUT2D eigenvalue weighted by Gasteiger charge is 2.29. The number of rotatable bonds is 7. The molecule has 0 aromatic rings. The zero-order valence-corrected chi connectivity index (χ0v) is 13.0. The second kappa shape index (κ2) is 8.25. The van der Waals surface area contributed by atoms with Gasteiger partial charge in [-0.2, -0.15) is 0 Å². The Balaban J connectivity index is 2.53. The van der Waals surface area contributed by atoms with Crippen LogP contribution in [0.15, 0.2) is 0 Å². The number of carbonyl (C=O) groups excluding carboxylic acids is 1. The van der Waals surface area contributed by atoms with E-state index in [0.29, 0.717) is 5.92 Å². The van der Waals surface area contributed by atoms with E-state index in [1.165, 1.54) is 0 Å². The van der Waals surface area contributed by atoms with Gasteiger partial charge in [0.1, 0.15) is 0 Å². The average molecular weight is 284 g/mol. The maximum atomic E-state index is 12.4. The van der Waals surface area contributed by atoms with Gasteiger partial charge < -0.3 is 10.0 Å². The van der Waals surface area contributed by atoms with E-state index < -0.39 is 5.97 Å². The Morgan fingerprint density at radius 2 is 2.00 bits per heavy atom. The van der Waals surface area contributed by atoms with Crippen molar-refractivity contribution in [3.05, 3.63) is 0 Å². The first-order valence-electron chi connectivity index (χ1n) is 7.74. The first-order chi connectivity index (χ1) is 9.49. The zero-order chi connectivity index (χ0) is 15.1. The number of aliphatic carboxylic acids is 1. The third-order valence-corrected chi connectivity index (χ3v) is 4.30. The molecule has 0 bridgehead atoms. The summed E-state index contributed by atoms with van der Waals surface area (Å²) in [6, 6.07) is -0.0949. The maximum absolute atomic E-state index is 12.4. The van der Waals surface area contributed by atoms with Crippen LogP contribution in [0.2, 0.25) is 0 Å². The molecule has 0 aliphatic carbocycles. The number of nitrogens with zero attached hydrogens (tertiary/aromatic N) is 2. The fourth-order valence-electron chi connectivity index (χ4n) is 2.97. The predicted molar refractivity (Wildman–Crippen MR) is 78.6 cm³/mol. The van der Waals surface area contributed by atoms with Gasteiger partial charge in [-0.3, -0.25) is 14.5 Å². The lowest BCUT2D eigenvalue weighted by Gasteiger charge is -2.37. The summed E-state index contributed by atoms with van der Waals surface area (Å²) in [6.07, 6.45) is 3.09. The summed E-state index contributed by atoms with van der Waals surface area (Å²) in [7, 11) is 0. The molecule has 0 radical (unpaired) electrons. The largest absolute Gasteiger partial charge is 0.481 e. The number of carboxylic acid groups (broad SMARTS) is 1. The van der Waals surface area contributed by atoms with Gasteiger partial charge >= 0.3 is 5.97 Å². The Kier molecular flexibility index (Phi) is 6.99. The van der Waals surface area contributed by atoms with Crippen LogP contribution in [0.3, 0.4) is 0 Å². The number of likely N-dealkylation sites (N-methyl/N-ethyl adjacent to an activating group) is 1. The summed E-state index contributed by atoms with van der Waals surface area (Å²) in [6.45, 7) is 9.26. The number of piperidine rings is 1. The van der Waals surface area contributed by atoms with Crippen LogP contribution in [0.25, 0.3) is 0 Å². The number of hydrogen-bond donors (Lipinski definition) is 1. The molecule has 2 atom stereocenters. The van der Waals surface area contributed by atoms with E-state index in [1.54, 1.807) is 0 Å². The molecule has 20 heavy (non-hydrogen) atoms. The van der Waals surface area contributed by atoms with E-state index in [1.807, 2.05) is 25.7 Å². The minimum atomic E-state index is -0.727. The Hall–Kier alpha value is -1.10. The number of carboxylic acids is 1. The summed E-state index contributed by atoms with van der Waals surface area (Å²) >= 11 is 0. The molecule has 2 unspecified atom stereocenters. The molecule has 116 valence electrons. The summed E-state index contributed by atoms with van der Waals surface area (Å²) < 4.78 is 0. The molecule has 1 fully saturated rings. The third kappa shape index (κ3) is 4.78. The van der Waals surface area contributed by atoms with Crippen LogP contribution in [0.5, 0.6) is 0 Å². The maximum Gasteiger partial charge on any atom is 0.303 e. The van der Waals surface area contributed by atoms with Gasteiger partial charge in [-0.05, 0) is 52.5 Å². The Labute approximate surface area is 121 Å². The monoisotopic (exact) mass is 284 g/mol. The molecule has 1 saturated heterocycles. The average Bonchev–Trinajstić information content (AvgIpc) is 2.45. The second-order valence-electron chi connectivity index (χ2n) is 5.62. The quantitative estimate of drug-likeness (QED) is 0.774. The molecule has 5 nitrogen and oxygen atoms in total. The summed E-state index contributed by atoms with van der Waals surface area (Å²) in [4.78, 5) is 27.1. The lowest BCUT2D eigenvalue weighted by atomic mass is 9.92. The van der Waals surface area contributed by atoms with E-state index >= 15 is 0 Å². The standard InChI is InChI=1S/C15H28N2O3/c1-4-16(5-2)15(20)12(3)17-10-6-7-13(11-17)8-9-14(18)19/h12-13H,4-11H2,1-3H3,(H,18,19). The van der Waals surface area contributed by atoms with E-state index in [4.69, 9.17) is 5.11 Å². The van der Waals surface area contributed by atoms with Gasteiger partial charge in [-0.15, -0.1) is 0 Å². The zero-order valence-electron chi connectivity index (χ0n) is 13.0. The van der Waals surface area contributed by atoms with Gasteiger partial charge in [0, 0.05) is 26.1 Å². The van der Waals surface area contributed by atoms with Crippen molar-refractivity contribution in [2.45, 2.75) is 52.5 Å². The number of hydrogen-bond acceptors (Lipinski definition) is 3. The van der Waals surface area contributed by atoms with Crippen LogP contribution in [0, 0.1) is 5.92 Å². The van der Waals surface area contributed by atoms with Gasteiger partial charge in [0.15, 0.2) is 0 Å². The Morgan fingerprint density at radius 1 is 1.35 bits per heavy atom. The van der Waals surface area contributed by atoms with E-state index in [-0.39, 0.29) is 18.4 Å². The minimum absolute atomic E-state index is 0.0949. The summed E-state index contributed by atoms with van der Waals surface area (Å²) in [5.74, 6) is -0.130. The van der Waals surface area contributed by atoms with E-state index in [9.17, 15) is 9.59 Å². The molecule has 0 aromatic heterocycles.